The van der Waals surface area contributed by atoms with Gasteiger partial charge in [0, 0.05) is 44.7 Å². The molecular weight excluding hydrogens is 932 g/mol. The number of aliphatic hydroxyl groups excluding tert-OH is 1. The molecule has 0 bridgehead atoms. The summed E-state index contributed by atoms with van der Waals surface area (Å²) >= 11 is 8.16. The smallest absolute Gasteiger partial charge is 0.282 e. The van der Waals surface area contributed by atoms with E-state index in [2.05, 4.69) is 91.6 Å². The lowest BCUT2D eigenvalue weighted by atomic mass is 9.80. The van der Waals surface area contributed by atoms with Crippen molar-refractivity contribution in [3.8, 4) is 16.1 Å². The molecule has 14 nitrogen and oxygen atoms in total. The second-order valence-electron chi connectivity index (χ2n) is 22.7. The SMILES string of the molecule is Cc1ncsc1-c1ccc(C2(NC(=O)[C@@H]3C[C@@H](O)CN3C(=O)[C@@H](n3cc(C4CCC(CN5CCC(c6ccc7c(c6)-n6c(nc(=O)c8c(Cl)cccc86)C7(C)C)CC5)CC4)nn3)C(C)(C)C)CNC2)cc1. The first kappa shape index (κ1) is 48.0. The number of rotatable bonds is 10. The summed E-state index contributed by atoms with van der Waals surface area (Å²) in [5.74, 6) is 1.59. The van der Waals surface area contributed by atoms with Crippen LogP contribution in [0.4, 0.5) is 0 Å². The van der Waals surface area contributed by atoms with E-state index in [-0.39, 0.29) is 36.3 Å². The summed E-state index contributed by atoms with van der Waals surface area (Å²) in [4.78, 5) is 56.5. The summed E-state index contributed by atoms with van der Waals surface area (Å²) in [7, 11) is 0. The number of aliphatic hydroxyl groups is 1. The summed E-state index contributed by atoms with van der Waals surface area (Å²) < 4.78 is 3.87. The van der Waals surface area contributed by atoms with E-state index in [1.165, 1.54) is 11.1 Å². The Morgan fingerprint density at radius 1 is 0.986 bits per heavy atom. The fraction of sp³-hybridized carbons (Fsp3) is 0.509. The number of halogens is 1. The highest BCUT2D eigenvalue weighted by Gasteiger charge is 2.49. The zero-order valence-corrected chi connectivity index (χ0v) is 43.2. The lowest BCUT2D eigenvalue weighted by Gasteiger charge is -2.45. The molecule has 0 spiro atoms. The molecule has 0 unspecified atom stereocenters. The Balaban J connectivity index is 0.707. The molecular formula is C55H65ClN10O4S. The number of hydrogen-bond donors (Lipinski definition) is 3. The molecule has 7 heterocycles. The van der Waals surface area contributed by atoms with Gasteiger partial charge in [-0.3, -0.25) is 19.0 Å². The van der Waals surface area contributed by atoms with Gasteiger partial charge in [0.25, 0.3) is 5.56 Å². The highest BCUT2D eigenvalue weighted by atomic mass is 35.5. The Labute approximate surface area is 424 Å². The molecule has 3 aromatic carbocycles. The third-order valence-electron chi connectivity index (χ3n) is 16.6. The van der Waals surface area contributed by atoms with Crippen LogP contribution in [-0.2, 0) is 20.5 Å². The predicted octanol–water partition coefficient (Wildman–Crippen LogP) is 8.02. The molecule has 3 saturated heterocycles. The van der Waals surface area contributed by atoms with Crippen LogP contribution in [0, 0.1) is 18.3 Å². The number of β-amino-alcohol motifs (C(OH)–C–C–N with tert-alkyl or cyclic N) is 1. The van der Waals surface area contributed by atoms with Crippen LogP contribution in [0.5, 0.6) is 0 Å². The van der Waals surface area contributed by atoms with Crippen molar-refractivity contribution in [1.82, 2.24) is 50.0 Å². The highest BCUT2D eigenvalue weighted by molar-refractivity contribution is 7.13. The quantitative estimate of drug-likeness (QED) is 0.123. The number of carbonyl (C=O) groups excluding carboxylic acids is 2. The Morgan fingerprint density at radius 3 is 2.41 bits per heavy atom. The van der Waals surface area contributed by atoms with Crippen LogP contribution >= 0.6 is 22.9 Å². The predicted molar refractivity (Wildman–Crippen MR) is 277 cm³/mol. The first-order chi connectivity index (χ1) is 34.0. The Bertz CT molecular complexity index is 3060. The van der Waals surface area contributed by atoms with Crippen LogP contribution in [0.25, 0.3) is 27.0 Å². The van der Waals surface area contributed by atoms with Crippen molar-refractivity contribution in [1.29, 1.82) is 0 Å². The zero-order valence-electron chi connectivity index (χ0n) is 41.6. The Kier molecular flexibility index (Phi) is 12.4. The number of thiazole rings is 1. The molecule has 3 N–H and O–H groups in total. The van der Waals surface area contributed by atoms with Gasteiger partial charge in [-0.25, -0.2) is 9.67 Å². The maximum Gasteiger partial charge on any atom is 0.282 e. The normalized spacial score (nSPS) is 23.6. The van der Waals surface area contributed by atoms with Crippen LogP contribution in [0.1, 0.15) is 131 Å². The number of amides is 2. The number of carbonyl (C=O) groups is 2. The van der Waals surface area contributed by atoms with Gasteiger partial charge in [0.15, 0.2) is 0 Å². The lowest BCUT2D eigenvalue weighted by Crippen LogP contribution is -2.68. The van der Waals surface area contributed by atoms with Crippen LogP contribution in [0.2, 0.25) is 5.02 Å². The largest absolute Gasteiger partial charge is 0.391 e. The zero-order chi connectivity index (χ0) is 49.6. The summed E-state index contributed by atoms with van der Waals surface area (Å²) in [6, 6.07) is 19.3. The van der Waals surface area contributed by atoms with Crippen molar-refractivity contribution in [2.75, 3.05) is 39.3 Å². The number of hydrogen-bond acceptors (Lipinski definition) is 11. The third-order valence-corrected chi connectivity index (χ3v) is 17.9. The molecule has 71 heavy (non-hydrogen) atoms. The van der Waals surface area contributed by atoms with Crippen molar-refractivity contribution in [2.45, 2.75) is 127 Å². The highest BCUT2D eigenvalue weighted by Crippen LogP contribution is 2.45. The van der Waals surface area contributed by atoms with E-state index in [4.69, 9.17) is 16.7 Å². The molecule has 372 valence electrons. The van der Waals surface area contributed by atoms with Gasteiger partial charge >= 0.3 is 0 Å². The minimum atomic E-state index is -0.818. The van der Waals surface area contributed by atoms with Crippen LogP contribution in [-0.4, -0.2) is 108 Å². The monoisotopic (exact) mass is 996 g/mol. The summed E-state index contributed by atoms with van der Waals surface area (Å²) in [5.41, 5.74) is 8.40. The van der Waals surface area contributed by atoms with Crippen LogP contribution in [0.3, 0.4) is 0 Å². The molecule has 2 amide bonds. The Morgan fingerprint density at radius 2 is 1.73 bits per heavy atom. The molecule has 1 aliphatic carbocycles. The van der Waals surface area contributed by atoms with Gasteiger partial charge < -0.3 is 25.5 Å². The van der Waals surface area contributed by atoms with Gasteiger partial charge in [-0.15, -0.1) is 16.4 Å². The molecule has 3 atom stereocenters. The number of benzene rings is 3. The molecule has 3 aromatic heterocycles. The van der Waals surface area contributed by atoms with E-state index in [1.54, 1.807) is 27.0 Å². The van der Waals surface area contributed by atoms with Crippen molar-refractivity contribution in [3.63, 3.8) is 0 Å². The lowest BCUT2D eigenvalue weighted by molar-refractivity contribution is -0.145. The molecule has 4 fully saturated rings. The van der Waals surface area contributed by atoms with Gasteiger partial charge in [0.05, 0.1) is 60.4 Å². The molecule has 11 rings (SSSR count). The van der Waals surface area contributed by atoms with Gasteiger partial charge in [-0.2, -0.15) is 4.98 Å². The van der Waals surface area contributed by atoms with Crippen molar-refractivity contribution in [2.24, 2.45) is 11.3 Å². The van der Waals surface area contributed by atoms with Gasteiger partial charge in [0.2, 0.25) is 11.8 Å². The molecule has 5 aliphatic rings. The maximum absolute atomic E-state index is 14.8. The molecule has 0 radical (unpaired) electrons. The standard InChI is InChI=1S/C55H65ClN10O4S/c1-32-47(71-31-58-32)36-14-17-38(18-15-36)55(29-57-30-55)60-49(68)45-25-39(67)27-64(45)51(70)48(53(2,3)4)65-28-42(61-62-65)35-12-10-33(11-13-35)26-63-22-20-34(21-23-63)37-16-19-40-44(24-37)66-43-9-7-8-41(56)46(43)50(69)59-52(66)54(40,5)6/h7-9,14-19,24,28,31,33-35,39,45,48,57,67H,10-13,20-23,25-27,29-30H2,1-6H3,(H,60,68)/t33?,35?,39-,45+,48-/m1/s1. The fourth-order valence-corrected chi connectivity index (χ4v) is 13.6. The topological polar surface area (TPSA) is 163 Å². The number of nitrogens with zero attached hydrogens (tertiary/aromatic N) is 8. The molecule has 16 heteroatoms. The van der Waals surface area contributed by atoms with Crippen molar-refractivity contribution < 1.29 is 14.7 Å². The van der Waals surface area contributed by atoms with E-state index < -0.39 is 34.6 Å². The number of aromatic nitrogens is 6. The average molecular weight is 998 g/mol. The third kappa shape index (κ3) is 8.62. The fourth-order valence-electron chi connectivity index (χ4n) is 12.5. The first-order valence-corrected chi connectivity index (χ1v) is 26.8. The number of nitrogens with one attached hydrogen (secondary N) is 2. The van der Waals surface area contributed by atoms with Crippen LogP contribution < -0.4 is 16.2 Å². The van der Waals surface area contributed by atoms with Crippen molar-refractivity contribution >= 4 is 45.7 Å². The minimum absolute atomic E-state index is 0.0816. The van der Waals surface area contributed by atoms with Gasteiger partial charge in [0.1, 0.15) is 17.9 Å². The summed E-state index contributed by atoms with van der Waals surface area (Å²) in [6.07, 6.45) is 7.78. The maximum atomic E-state index is 14.8. The molecule has 4 aliphatic heterocycles. The number of likely N-dealkylation sites (tertiary alicyclic amines) is 2. The average Bonchev–Trinajstić information content (AvgIpc) is 4.13. The van der Waals surface area contributed by atoms with Crippen molar-refractivity contribution in [3.05, 3.63) is 122 Å². The van der Waals surface area contributed by atoms with E-state index >= 15 is 0 Å². The van der Waals surface area contributed by atoms with Gasteiger partial charge in [-0.1, -0.05) is 80.1 Å². The summed E-state index contributed by atoms with van der Waals surface area (Å²) in [5, 5.41) is 27.8. The molecule has 1 saturated carbocycles. The van der Waals surface area contributed by atoms with Crippen LogP contribution in [0.15, 0.2) is 77.2 Å². The number of fused-ring (bicyclic) bond motifs is 5. The van der Waals surface area contributed by atoms with E-state index in [9.17, 15) is 19.5 Å². The second-order valence-corrected chi connectivity index (χ2v) is 24.0. The first-order valence-electron chi connectivity index (χ1n) is 25.5. The second kappa shape index (κ2) is 18.3. The number of aryl methyl sites for hydroxylation is 1. The number of piperidine rings is 1. The van der Waals surface area contributed by atoms with E-state index in [1.807, 2.05) is 51.5 Å². The summed E-state index contributed by atoms with van der Waals surface area (Å²) in [6.45, 7) is 16.8. The molecule has 6 aromatic rings. The minimum Gasteiger partial charge on any atom is -0.391 e. The van der Waals surface area contributed by atoms with E-state index in [0.29, 0.717) is 35.3 Å². The Hall–Kier alpha value is -5.32. The van der Waals surface area contributed by atoms with E-state index in [0.717, 1.165) is 103 Å². The van der Waals surface area contributed by atoms with Gasteiger partial charge in [-0.05, 0) is 130 Å².